The third-order valence-electron chi connectivity index (χ3n) is 7.27. The van der Waals surface area contributed by atoms with Crippen molar-refractivity contribution < 1.29 is 0 Å². The molecule has 2 aromatic carbocycles. The molecule has 0 saturated carbocycles. The summed E-state index contributed by atoms with van der Waals surface area (Å²) in [6.45, 7) is 18.9. The van der Waals surface area contributed by atoms with Crippen LogP contribution in [-0.2, 0) is 0 Å². The van der Waals surface area contributed by atoms with Gasteiger partial charge in [0.1, 0.15) is 0 Å². The van der Waals surface area contributed by atoms with Crippen LogP contribution in [0.2, 0.25) is 0 Å². The van der Waals surface area contributed by atoms with Gasteiger partial charge in [-0.05, 0) is 78.2 Å². The average molecular weight is 406 g/mol. The van der Waals surface area contributed by atoms with Crippen LogP contribution in [0.1, 0.15) is 87.5 Å². The van der Waals surface area contributed by atoms with Crippen molar-refractivity contribution in [3.63, 3.8) is 0 Å². The zero-order valence-electron chi connectivity index (χ0n) is 20.1. The number of nitrogens with two attached hydrogens (primary N) is 1. The van der Waals surface area contributed by atoms with E-state index in [1.165, 1.54) is 22.3 Å². The van der Waals surface area contributed by atoms with Crippen molar-refractivity contribution >= 4 is 0 Å². The molecule has 0 amide bonds. The summed E-state index contributed by atoms with van der Waals surface area (Å²) in [7, 11) is 0. The number of benzene rings is 2. The van der Waals surface area contributed by atoms with Gasteiger partial charge < -0.3 is 5.73 Å². The van der Waals surface area contributed by atoms with Crippen LogP contribution < -0.4 is 5.73 Å². The van der Waals surface area contributed by atoms with Gasteiger partial charge >= 0.3 is 0 Å². The second-order valence-corrected chi connectivity index (χ2v) is 9.69. The van der Waals surface area contributed by atoms with E-state index in [0.29, 0.717) is 35.5 Å². The fraction of sp³-hybridized carbons (Fsp3) is 0.517. The Morgan fingerprint density at radius 3 is 2.10 bits per heavy atom. The zero-order valence-corrected chi connectivity index (χ0v) is 20.1. The fourth-order valence-electron chi connectivity index (χ4n) is 4.56. The maximum atomic E-state index is 5.95. The standard InChI is InChI=1S/C29H43N/c1-8-27(29-18-26(16-15-22(29)5)23(6)20(2)3)28(17-14-21(4)19-30)24(7)25-12-10-9-11-13-25/h8-13,15-16,18,20-21,23-24,27-28H,1,14,17,19,30H2,2-7H3. The van der Waals surface area contributed by atoms with Crippen LogP contribution in [0.3, 0.4) is 0 Å². The van der Waals surface area contributed by atoms with E-state index in [9.17, 15) is 0 Å². The third kappa shape index (κ3) is 6.08. The third-order valence-corrected chi connectivity index (χ3v) is 7.27. The molecule has 1 nitrogen and oxygen atoms in total. The molecular formula is C29H43N. The van der Waals surface area contributed by atoms with E-state index >= 15 is 0 Å². The minimum absolute atomic E-state index is 0.337. The molecule has 164 valence electrons. The summed E-state index contributed by atoms with van der Waals surface area (Å²) < 4.78 is 0. The lowest BCUT2D eigenvalue weighted by Crippen LogP contribution is -2.21. The van der Waals surface area contributed by atoms with Crippen molar-refractivity contribution in [1.82, 2.24) is 0 Å². The van der Waals surface area contributed by atoms with Gasteiger partial charge in [0, 0.05) is 5.92 Å². The Balaban J connectivity index is 2.46. The largest absolute Gasteiger partial charge is 0.330 e. The average Bonchev–Trinajstić information content (AvgIpc) is 2.76. The number of hydrogen-bond acceptors (Lipinski definition) is 1. The van der Waals surface area contributed by atoms with Crippen LogP contribution in [0.5, 0.6) is 0 Å². The molecule has 0 aromatic heterocycles. The Labute approximate surface area is 185 Å². The predicted molar refractivity (Wildman–Crippen MR) is 133 cm³/mol. The van der Waals surface area contributed by atoms with E-state index in [1.807, 2.05) is 0 Å². The highest BCUT2D eigenvalue weighted by atomic mass is 14.5. The molecule has 0 saturated heterocycles. The van der Waals surface area contributed by atoms with E-state index in [2.05, 4.69) is 103 Å². The summed E-state index contributed by atoms with van der Waals surface area (Å²) in [6, 6.07) is 18.1. The zero-order chi connectivity index (χ0) is 22.3. The number of rotatable bonds is 11. The fourth-order valence-corrected chi connectivity index (χ4v) is 4.56. The molecule has 0 bridgehead atoms. The monoisotopic (exact) mass is 405 g/mol. The quantitative estimate of drug-likeness (QED) is 0.379. The van der Waals surface area contributed by atoms with Crippen LogP contribution in [0, 0.1) is 24.7 Å². The minimum Gasteiger partial charge on any atom is -0.330 e. The molecule has 2 aromatic rings. The van der Waals surface area contributed by atoms with Crippen molar-refractivity contribution in [1.29, 1.82) is 0 Å². The summed E-state index contributed by atoms with van der Waals surface area (Å²) in [4.78, 5) is 0. The van der Waals surface area contributed by atoms with Crippen molar-refractivity contribution in [3.05, 3.63) is 83.4 Å². The van der Waals surface area contributed by atoms with Gasteiger partial charge in [-0.2, -0.15) is 0 Å². The molecule has 5 unspecified atom stereocenters. The molecule has 0 radical (unpaired) electrons. The first-order chi connectivity index (χ1) is 14.3. The smallest absolute Gasteiger partial charge is 0.00520 e. The summed E-state index contributed by atoms with van der Waals surface area (Å²) in [5.41, 5.74) is 11.6. The number of hydrogen-bond donors (Lipinski definition) is 1. The molecule has 5 atom stereocenters. The van der Waals surface area contributed by atoms with Crippen molar-refractivity contribution in [2.45, 2.75) is 72.1 Å². The summed E-state index contributed by atoms with van der Waals surface area (Å²) in [5.74, 6) is 3.04. The highest BCUT2D eigenvalue weighted by Crippen LogP contribution is 2.42. The molecule has 0 spiro atoms. The Morgan fingerprint density at radius 2 is 1.53 bits per heavy atom. The predicted octanol–water partition coefficient (Wildman–Crippen LogP) is 7.82. The Morgan fingerprint density at radius 1 is 0.867 bits per heavy atom. The Hall–Kier alpha value is -1.86. The van der Waals surface area contributed by atoms with E-state index in [1.54, 1.807) is 0 Å². The second-order valence-electron chi connectivity index (χ2n) is 9.69. The number of allylic oxidation sites excluding steroid dienone is 1. The molecule has 2 rings (SSSR count). The lowest BCUT2D eigenvalue weighted by Gasteiger charge is -2.33. The van der Waals surface area contributed by atoms with Gasteiger partial charge in [0.2, 0.25) is 0 Å². The molecule has 0 fully saturated rings. The first-order valence-electron chi connectivity index (χ1n) is 11.8. The first kappa shape index (κ1) is 24.4. The Bertz CT molecular complexity index is 776. The van der Waals surface area contributed by atoms with Gasteiger partial charge in [0.25, 0.3) is 0 Å². The molecule has 0 aliphatic carbocycles. The van der Waals surface area contributed by atoms with Gasteiger partial charge in [-0.25, -0.2) is 0 Å². The first-order valence-corrected chi connectivity index (χ1v) is 11.8. The summed E-state index contributed by atoms with van der Waals surface area (Å²) >= 11 is 0. The van der Waals surface area contributed by atoms with Crippen LogP contribution in [0.4, 0.5) is 0 Å². The lowest BCUT2D eigenvalue weighted by molar-refractivity contribution is 0.341. The number of aryl methyl sites for hydroxylation is 1. The molecule has 2 N–H and O–H groups in total. The summed E-state index contributed by atoms with van der Waals surface area (Å²) in [5, 5.41) is 0. The van der Waals surface area contributed by atoms with Crippen LogP contribution in [0.25, 0.3) is 0 Å². The normalized spacial score (nSPS) is 16.7. The van der Waals surface area contributed by atoms with Crippen LogP contribution >= 0.6 is 0 Å². The van der Waals surface area contributed by atoms with Crippen LogP contribution in [-0.4, -0.2) is 6.54 Å². The molecular weight excluding hydrogens is 362 g/mol. The SMILES string of the molecule is C=CC(c1cc(C(C)C(C)C)ccc1C)C(CCC(C)CN)C(C)c1ccccc1. The summed E-state index contributed by atoms with van der Waals surface area (Å²) in [6.07, 6.45) is 4.52. The molecule has 0 aliphatic rings. The second kappa shape index (κ2) is 11.5. The molecule has 1 heteroatoms. The topological polar surface area (TPSA) is 26.0 Å². The van der Waals surface area contributed by atoms with Crippen molar-refractivity contribution in [2.24, 2.45) is 23.5 Å². The van der Waals surface area contributed by atoms with Gasteiger partial charge in [-0.1, -0.05) is 89.2 Å². The van der Waals surface area contributed by atoms with Gasteiger partial charge in [0.15, 0.2) is 0 Å². The van der Waals surface area contributed by atoms with E-state index in [-0.39, 0.29) is 0 Å². The van der Waals surface area contributed by atoms with E-state index < -0.39 is 0 Å². The molecule has 0 heterocycles. The highest BCUT2D eigenvalue weighted by molar-refractivity contribution is 5.38. The molecule has 0 aliphatic heterocycles. The lowest BCUT2D eigenvalue weighted by atomic mass is 9.71. The van der Waals surface area contributed by atoms with Gasteiger partial charge in [0.05, 0.1) is 0 Å². The maximum Gasteiger partial charge on any atom is 0.00520 e. The van der Waals surface area contributed by atoms with Gasteiger partial charge in [-0.15, -0.1) is 6.58 Å². The van der Waals surface area contributed by atoms with E-state index in [4.69, 9.17) is 5.73 Å². The molecule has 30 heavy (non-hydrogen) atoms. The highest BCUT2D eigenvalue weighted by Gasteiger charge is 2.29. The maximum absolute atomic E-state index is 5.95. The van der Waals surface area contributed by atoms with Gasteiger partial charge in [-0.3, -0.25) is 0 Å². The van der Waals surface area contributed by atoms with E-state index in [0.717, 1.165) is 19.4 Å². The van der Waals surface area contributed by atoms with Crippen molar-refractivity contribution in [2.75, 3.05) is 6.54 Å². The van der Waals surface area contributed by atoms with Crippen LogP contribution in [0.15, 0.2) is 61.2 Å². The minimum atomic E-state index is 0.337. The van der Waals surface area contributed by atoms with Crippen molar-refractivity contribution in [3.8, 4) is 0 Å². The Kier molecular flexibility index (Phi) is 9.37.